The van der Waals surface area contributed by atoms with Crippen LogP contribution in [0.4, 0.5) is 0 Å². The van der Waals surface area contributed by atoms with E-state index in [2.05, 4.69) is 51.7 Å². The summed E-state index contributed by atoms with van der Waals surface area (Å²) in [4.78, 5) is 7.18. The first-order valence-electron chi connectivity index (χ1n) is 10.9. The number of nitrogens with one attached hydrogen (secondary N) is 2. The highest BCUT2D eigenvalue weighted by atomic mass is 127. The third-order valence-electron chi connectivity index (χ3n) is 5.18. The minimum Gasteiger partial charge on any atom is -0.504 e. The van der Waals surface area contributed by atoms with Crippen molar-refractivity contribution in [1.82, 2.24) is 15.5 Å². The lowest BCUT2D eigenvalue weighted by molar-refractivity contribution is 0.318. The van der Waals surface area contributed by atoms with E-state index in [0.29, 0.717) is 18.9 Å². The van der Waals surface area contributed by atoms with Gasteiger partial charge in [-0.25, -0.2) is 4.99 Å². The number of guanidine groups is 1. The van der Waals surface area contributed by atoms with E-state index in [1.807, 2.05) is 19.1 Å². The van der Waals surface area contributed by atoms with Gasteiger partial charge in [-0.2, -0.15) is 0 Å². The lowest BCUT2D eigenvalue weighted by atomic mass is 10.1. The van der Waals surface area contributed by atoms with E-state index in [-0.39, 0.29) is 29.7 Å². The first-order valence-corrected chi connectivity index (χ1v) is 10.9. The molecule has 6 nitrogen and oxygen atoms in total. The third-order valence-corrected chi connectivity index (χ3v) is 5.18. The minimum absolute atomic E-state index is 0. The van der Waals surface area contributed by atoms with Crippen LogP contribution in [0, 0.1) is 0 Å². The van der Waals surface area contributed by atoms with Gasteiger partial charge in [0.15, 0.2) is 17.5 Å². The Morgan fingerprint density at radius 1 is 1.00 bits per heavy atom. The van der Waals surface area contributed by atoms with Crippen molar-refractivity contribution in [3.8, 4) is 11.5 Å². The molecule has 0 aromatic heterocycles. The molecule has 3 rings (SSSR count). The number of likely N-dealkylation sites (tertiary alicyclic amines) is 1. The van der Waals surface area contributed by atoms with E-state index in [1.165, 1.54) is 37.1 Å². The van der Waals surface area contributed by atoms with Crippen LogP contribution in [0.3, 0.4) is 0 Å². The molecule has 0 spiro atoms. The van der Waals surface area contributed by atoms with Gasteiger partial charge in [0, 0.05) is 19.6 Å². The number of nitrogens with zero attached hydrogens (tertiary/aromatic N) is 2. The Labute approximate surface area is 203 Å². The Hall–Kier alpha value is -2.00. The number of aromatic hydroxyl groups is 1. The molecule has 1 aliphatic heterocycles. The fourth-order valence-electron chi connectivity index (χ4n) is 3.59. The monoisotopic (exact) mass is 538 g/mol. The van der Waals surface area contributed by atoms with Crippen molar-refractivity contribution < 1.29 is 9.84 Å². The zero-order chi connectivity index (χ0) is 21.2. The SMILES string of the molecule is CCNC(=NCc1ccc(O)c(OCC)c1)NCc1ccc(CN2CCCC2)cc1.I. The maximum atomic E-state index is 9.85. The average Bonchev–Trinajstić information content (AvgIpc) is 3.26. The predicted molar refractivity (Wildman–Crippen MR) is 137 cm³/mol. The number of hydrogen-bond donors (Lipinski definition) is 3. The first-order chi connectivity index (χ1) is 14.7. The molecular formula is C24H35IN4O2. The molecule has 0 atom stereocenters. The van der Waals surface area contributed by atoms with Crippen LogP contribution in [0.25, 0.3) is 0 Å². The number of ether oxygens (including phenoxy) is 1. The Kier molecular flexibility index (Phi) is 10.9. The normalized spacial score (nSPS) is 14.2. The summed E-state index contributed by atoms with van der Waals surface area (Å²) in [7, 11) is 0. The van der Waals surface area contributed by atoms with Gasteiger partial charge in [-0.1, -0.05) is 30.3 Å². The molecule has 1 heterocycles. The lowest BCUT2D eigenvalue weighted by Gasteiger charge is -2.15. The molecule has 0 amide bonds. The van der Waals surface area contributed by atoms with Crippen LogP contribution in [-0.4, -0.2) is 42.2 Å². The lowest BCUT2D eigenvalue weighted by Crippen LogP contribution is -2.36. The van der Waals surface area contributed by atoms with E-state index in [0.717, 1.165) is 31.2 Å². The second-order valence-corrected chi connectivity index (χ2v) is 7.58. The first kappa shape index (κ1) is 25.3. The minimum atomic E-state index is 0. The van der Waals surface area contributed by atoms with Gasteiger partial charge in [-0.05, 0) is 68.6 Å². The molecule has 0 radical (unpaired) electrons. The molecule has 1 aliphatic rings. The Balaban J connectivity index is 0.00000341. The number of phenolic OH excluding ortho intramolecular Hbond substituents is 1. The molecular weight excluding hydrogens is 503 g/mol. The molecule has 3 N–H and O–H groups in total. The predicted octanol–water partition coefficient (Wildman–Crippen LogP) is 4.26. The maximum absolute atomic E-state index is 9.85. The molecule has 0 bridgehead atoms. The van der Waals surface area contributed by atoms with Crippen LogP contribution in [0.15, 0.2) is 47.5 Å². The van der Waals surface area contributed by atoms with Crippen LogP contribution in [0.1, 0.15) is 43.4 Å². The van der Waals surface area contributed by atoms with E-state index < -0.39 is 0 Å². The number of rotatable bonds is 9. The Morgan fingerprint density at radius 2 is 1.68 bits per heavy atom. The van der Waals surface area contributed by atoms with Crippen LogP contribution in [0.2, 0.25) is 0 Å². The van der Waals surface area contributed by atoms with Crippen molar-refractivity contribution in [3.63, 3.8) is 0 Å². The van der Waals surface area contributed by atoms with Gasteiger partial charge in [0.1, 0.15) is 0 Å². The topological polar surface area (TPSA) is 69.1 Å². The molecule has 1 fully saturated rings. The third kappa shape index (κ3) is 8.22. The van der Waals surface area contributed by atoms with Crippen molar-refractivity contribution in [1.29, 1.82) is 0 Å². The highest BCUT2D eigenvalue weighted by molar-refractivity contribution is 14.0. The summed E-state index contributed by atoms with van der Waals surface area (Å²) >= 11 is 0. The van der Waals surface area contributed by atoms with Crippen molar-refractivity contribution in [2.45, 2.75) is 46.3 Å². The van der Waals surface area contributed by atoms with Crippen molar-refractivity contribution in [3.05, 3.63) is 59.2 Å². The summed E-state index contributed by atoms with van der Waals surface area (Å²) in [5, 5.41) is 16.5. The fraction of sp³-hybridized carbons (Fsp3) is 0.458. The van der Waals surface area contributed by atoms with Crippen molar-refractivity contribution in [2.75, 3.05) is 26.2 Å². The largest absolute Gasteiger partial charge is 0.504 e. The smallest absolute Gasteiger partial charge is 0.191 e. The van der Waals surface area contributed by atoms with Crippen molar-refractivity contribution >= 4 is 29.9 Å². The summed E-state index contributed by atoms with van der Waals surface area (Å²) in [5.41, 5.74) is 3.59. The van der Waals surface area contributed by atoms with Gasteiger partial charge in [-0.3, -0.25) is 4.90 Å². The average molecular weight is 538 g/mol. The van der Waals surface area contributed by atoms with Crippen LogP contribution in [-0.2, 0) is 19.6 Å². The van der Waals surface area contributed by atoms with Crippen molar-refractivity contribution in [2.24, 2.45) is 4.99 Å². The zero-order valence-electron chi connectivity index (χ0n) is 18.6. The number of benzene rings is 2. The molecule has 31 heavy (non-hydrogen) atoms. The molecule has 170 valence electrons. The van der Waals surface area contributed by atoms with E-state index in [1.54, 1.807) is 6.07 Å². The Bertz CT molecular complexity index is 821. The molecule has 0 aliphatic carbocycles. The number of phenols is 1. The summed E-state index contributed by atoms with van der Waals surface area (Å²) in [6.07, 6.45) is 2.65. The molecule has 7 heteroatoms. The standard InChI is InChI=1S/C24H34N4O2.HI/c1-3-25-24(27-17-21-11-12-22(29)23(15-21)30-4-2)26-16-19-7-9-20(10-8-19)18-28-13-5-6-14-28;/h7-12,15,29H,3-6,13-14,16-18H2,1-2H3,(H2,25,26,27);1H. The van der Waals surface area contributed by atoms with Gasteiger partial charge in [-0.15, -0.1) is 24.0 Å². The summed E-state index contributed by atoms with van der Waals surface area (Å²) in [6, 6.07) is 14.2. The highest BCUT2D eigenvalue weighted by Gasteiger charge is 2.11. The van der Waals surface area contributed by atoms with Gasteiger partial charge in [0.2, 0.25) is 0 Å². The quantitative estimate of drug-likeness (QED) is 0.253. The van der Waals surface area contributed by atoms with E-state index in [9.17, 15) is 5.11 Å². The van der Waals surface area contributed by atoms with Gasteiger partial charge >= 0.3 is 0 Å². The molecule has 1 saturated heterocycles. The molecule has 0 saturated carbocycles. The number of hydrogen-bond acceptors (Lipinski definition) is 4. The number of aliphatic imine (C=N–C) groups is 1. The summed E-state index contributed by atoms with van der Waals surface area (Å²) in [6.45, 7) is 9.97. The van der Waals surface area contributed by atoms with Gasteiger partial charge in [0.25, 0.3) is 0 Å². The fourth-order valence-corrected chi connectivity index (χ4v) is 3.59. The molecule has 2 aromatic carbocycles. The molecule has 2 aromatic rings. The van der Waals surface area contributed by atoms with Crippen LogP contribution >= 0.6 is 24.0 Å². The summed E-state index contributed by atoms with van der Waals surface area (Å²) in [5.74, 6) is 1.42. The van der Waals surface area contributed by atoms with Crippen LogP contribution in [0.5, 0.6) is 11.5 Å². The van der Waals surface area contributed by atoms with E-state index in [4.69, 9.17) is 4.74 Å². The molecule has 0 unspecified atom stereocenters. The number of halogens is 1. The van der Waals surface area contributed by atoms with Crippen LogP contribution < -0.4 is 15.4 Å². The van der Waals surface area contributed by atoms with Gasteiger partial charge in [0.05, 0.1) is 13.2 Å². The van der Waals surface area contributed by atoms with Gasteiger partial charge < -0.3 is 20.5 Å². The zero-order valence-corrected chi connectivity index (χ0v) is 20.9. The highest BCUT2D eigenvalue weighted by Crippen LogP contribution is 2.27. The second kappa shape index (κ2) is 13.4. The maximum Gasteiger partial charge on any atom is 0.191 e. The van der Waals surface area contributed by atoms with E-state index >= 15 is 0 Å². The second-order valence-electron chi connectivity index (χ2n) is 7.58. The Morgan fingerprint density at radius 3 is 2.35 bits per heavy atom. The summed E-state index contributed by atoms with van der Waals surface area (Å²) < 4.78 is 5.46.